The summed E-state index contributed by atoms with van der Waals surface area (Å²) >= 11 is 1.77. The van der Waals surface area contributed by atoms with Gasteiger partial charge in [-0.1, -0.05) is 30.0 Å². The van der Waals surface area contributed by atoms with Gasteiger partial charge in [-0.15, -0.1) is 0 Å². The van der Waals surface area contributed by atoms with Gasteiger partial charge in [0.15, 0.2) is 0 Å². The molecule has 21 heavy (non-hydrogen) atoms. The smallest absolute Gasteiger partial charge is 0.256 e. The van der Waals surface area contributed by atoms with Gasteiger partial charge in [0.25, 0.3) is 5.91 Å². The second-order valence-corrected chi connectivity index (χ2v) is 6.40. The highest BCUT2D eigenvalue weighted by Gasteiger charge is 2.37. The largest absolute Gasteiger partial charge is 0.497 e. The van der Waals surface area contributed by atoms with Gasteiger partial charge < -0.3 is 9.64 Å². The number of carbonyl (C=O) groups is 1. The molecule has 0 aliphatic carbocycles. The zero-order chi connectivity index (χ0) is 14.4. The van der Waals surface area contributed by atoms with Gasteiger partial charge >= 0.3 is 0 Å². The summed E-state index contributed by atoms with van der Waals surface area (Å²) in [6.45, 7) is 0.769. The van der Waals surface area contributed by atoms with Crippen molar-refractivity contribution in [1.82, 2.24) is 4.90 Å². The predicted octanol–water partition coefficient (Wildman–Crippen LogP) is 3.50. The van der Waals surface area contributed by atoms with Gasteiger partial charge in [-0.05, 0) is 41.8 Å². The molecule has 4 rings (SSSR count). The van der Waals surface area contributed by atoms with E-state index in [-0.39, 0.29) is 11.3 Å². The number of rotatable bonds is 1. The molecule has 1 unspecified atom stereocenters. The lowest BCUT2D eigenvalue weighted by atomic mass is 9.98. The Labute approximate surface area is 127 Å². The standard InChI is InChI=1S/C17H15NO2S/c1-20-12-6-7-13-11(10-12)8-9-18-16(19)14-4-2-3-5-15(14)21-17(13)18/h2-7,10,17H,8-9H2,1H3. The molecule has 3 nitrogen and oxygen atoms in total. The lowest BCUT2D eigenvalue weighted by Crippen LogP contribution is -2.41. The maximum Gasteiger partial charge on any atom is 0.256 e. The minimum absolute atomic E-state index is 0.0852. The number of carbonyl (C=O) groups excluding carboxylic acids is 1. The van der Waals surface area contributed by atoms with Crippen molar-refractivity contribution in [2.24, 2.45) is 0 Å². The fourth-order valence-corrected chi connectivity index (χ4v) is 4.41. The molecule has 2 aliphatic heterocycles. The molecule has 0 radical (unpaired) electrons. The zero-order valence-corrected chi connectivity index (χ0v) is 12.5. The maximum atomic E-state index is 12.7. The van der Waals surface area contributed by atoms with Gasteiger partial charge in [0, 0.05) is 11.4 Å². The molecule has 4 heteroatoms. The van der Waals surface area contributed by atoms with E-state index in [1.807, 2.05) is 35.2 Å². The first kappa shape index (κ1) is 12.8. The Morgan fingerprint density at radius 2 is 2.10 bits per heavy atom. The van der Waals surface area contributed by atoms with Crippen molar-refractivity contribution in [3.63, 3.8) is 0 Å². The number of ether oxygens (including phenoxy) is 1. The number of thioether (sulfide) groups is 1. The normalized spacial score (nSPS) is 19.6. The number of fused-ring (bicyclic) bond motifs is 4. The molecule has 2 heterocycles. The average Bonchev–Trinajstić information content (AvgIpc) is 2.54. The quantitative estimate of drug-likeness (QED) is 0.807. The fraction of sp³-hybridized carbons (Fsp3) is 0.235. The molecule has 0 saturated heterocycles. The minimum Gasteiger partial charge on any atom is -0.497 e. The van der Waals surface area contributed by atoms with Crippen molar-refractivity contribution in [1.29, 1.82) is 0 Å². The monoisotopic (exact) mass is 297 g/mol. The Kier molecular flexibility index (Phi) is 2.93. The van der Waals surface area contributed by atoms with Crippen molar-refractivity contribution >= 4 is 17.7 Å². The highest BCUT2D eigenvalue weighted by molar-refractivity contribution is 7.99. The molecule has 106 valence electrons. The van der Waals surface area contributed by atoms with Gasteiger partial charge in [-0.2, -0.15) is 0 Å². The van der Waals surface area contributed by atoms with E-state index < -0.39 is 0 Å². The van der Waals surface area contributed by atoms with Gasteiger partial charge in [0.2, 0.25) is 0 Å². The van der Waals surface area contributed by atoms with Gasteiger partial charge in [-0.25, -0.2) is 0 Å². The summed E-state index contributed by atoms with van der Waals surface area (Å²) in [5.74, 6) is 1.03. The van der Waals surface area contributed by atoms with Crippen LogP contribution in [0, 0.1) is 0 Å². The van der Waals surface area contributed by atoms with Crippen molar-refractivity contribution in [3.05, 3.63) is 59.2 Å². The van der Waals surface area contributed by atoms with Gasteiger partial charge in [0.05, 0.1) is 12.7 Å². The Morgan fingerprint density at radius 3 is 2.95 bits per heavy atom. The molecule has 1 atom stereocenters. The van der Waals surface area contributed by atoms with Crippen LogP contribution < -0.4 is 4.74 Å². The highest BCUT2D eigenvalue weighted by Crippen LogP contribution is 2.47. The Balaban J connectivity index is 1.80. The van der Waals surface area contributed by atoms with Crippen LogP contribution in [0.2, 0.25) is 0 Å². The van der Waals surface area contributed by atoms with Crippen LogP contribution in [-0.2, 0) is 6.42 Å². The van der Waals surface area contributed by atoms with E-state index in [1.54, 1.807) is 18.9 Å². The third-order valence-electron chi connectivity index (χ3n) is 4.14. The lowest BCUT2D eigenvalue weighted by molar-refractivity contribution is 0.0716. The highest BCUT2D eigenvalue weighted by atomic mass is 32.2. The number of methoxy groups -OCH3 is 1. The second-order valence-electron chi connectivity index (χ2n) is 5.28. The topological polar surface area (TPSA) is 29.5 Å². The first-order valence-corrected chi connectivity index (χ1v) is 7.89. The zero-order valence-electron chi connectivity index (χ0n) is 11.7. The number of hydrogen-bond donors (Lipinski definition) is 0. The first-order valence-electron chi connectivity index (χ1n) is 7.01. The summed E-state index contributed by atoms with van der Waals surface area (Å²) in [4.78, 5) is 15.7. The maximum absolute atomic E-state index is 12.7. The van der Waals surface area contributed by atoms with Crippen LogP contribution in [0.5, 0.6) is 5.75 Å². The number of benzene rings is 2. The summed E-state index contributed by atoms with van der Waals surface area (Å²) in [5, 5.41) is 0.0852. The number of hydrogen-bond acceptors (Lipinski definition) is 3. The molecular formula is C17H15NO2S. The SMILES string of the molecule is COc1ccc2c(c1)CCN1C(=O)c3ccccc3SC21. The van der Waals surface area contributed by atoms with E-state index in [4.69, 9.17) is 4.74 Å². The summed E-state index contributed by atoms with van der Waals surface area (Å²) in [6.07, 6.45) is 0.886. The van der Waals surface area contributed by atoms with E-state index in [0.717, 1.165) is 29.2 Å². The Hall–Kier alpha value is -1.94. The van der Waals surface area contributed by atoms with Crippen LogP contribution in [0.25, 0.3) is 0 Å². The third kappa shape index (κ3) is 1.94. The average molecular weight is 297 g/mol. The van der Waals surface area contributed by atoms with Crippen LogP contribution in [0.1, 0.15) is 26.9 Å². The van der Waals surface area contributed by atoms with E-state index in [9.17, 15) is 4.79 Å². The lowest BCUT2D eigenvalue weighted by Gasteiger charge is -2.40. The van der Waals surface area contributed by atoms with Crippen LogP contribution in [-0.4, -0.2) is 24.5 Å². The summed E-state index contributed by atoms with van der Waals surface area (Å²) in [6, 6.07) is 14.1. The molecule has 1 amide bonds. The van der Waals surface area contributed by atoms with Crippen LogP contribution >= 0.6 is 11.8 Å². The Morgan fingerprint density at radius 1 is 1.24 bits per heavy atom. The van der Waals surface area contributed by atoms with Crippen molar-refractivity contribution in [2.75, 3.05) is 13.7 Å². The predicted molar refractivity (Wildman–Crippen MR) is 82.8 cm³/mol. The molecule has 2 aliphatic rings. The molecule has 2 aromatic rings. The molecule has 0 aromatic heterocycles. The van der Waals surface area contributed by atoms with Crippen molar-refractivity contribution in [2.45, 2.75) is 16.7 Å². The molecule has 0 fully saturated rings. The minimum atomic E-state index is 0.0852. The number of nitrogens with zero attached hydrogens (tertiary/aromatic N) is 1. The fourth-order valence-electron chi connectivity index (χ4n) is 3.05. The summed E-state index contributed by atoms with van der Waals surface area (Å²) < 4.78 is 5.31. The Bertz CT molecular complexity index is 728. The van der Waals surface area contributed by atoms with Gasteiger partial charge in [-0.3, -0.25) is 4.79 Å². The van der Waals surface area contributed by atoms with E-state index in [0.29, 0.717) is 0 Å². The molecule has 2 aromatic carbocycles. The van der Waals surface area contributed by atoms with Crippen LogP contribution in [0.3, 0.4) is 0 Å². The van der Waals surface area contributed by atoms with Crippen molar-refractivity contribution in [3.8, 4) is 5.75 Å². The molecule has 0 bridgehead atoms. The molecule has 0 saturated carbocycles. The third-order valence-corrected chi connectivity index (χ3v) is 5.48. The first-order chi connectivity index (χ1) is 10.3. The number of amides is 1. The van der Waals surface area contributed by atoms with E-state index in [1.165, 1.54) is 11.1 Å². The molecular weight excluding hydrogens is 282 g/mol. The van der Waals surface area contributed by atoms with Crippen LogP contribution in [0.4, 0.5) is 0 Å². The summed E-state index contributed by atoms with van der Waals surface area (Å²) in [5.41, 5.74) is 3.35. The molecule has 0 N–H and O–H groups in total. The second kappa shape index (κ2) is 4.81. The molecule has 0 spiro atoms. The van der Waals surface area contributed by atoms with Crippen LogP contribution in [0.15, 0.2) is 47.4 Å². The summed E-state index contributed by atoms with van der Waals surface area (Å²) in [7, 11) is 1.69. The van der Waals surface area contributed by atoms with E-state index in [2.05, 4.69) is 12.1 Å². The van der Waals surface area contributed by atoms with Crippen molar-refractivity contribution < 1.29 is 9.53 Å². The van der Waals surface area contributed by atoms with E-state index >= 15 is 0 Å². The van der Waals surface area contributed by atoms with Gasteiger partial charge in [0.1, 0.15) is 11.1 Å².